The number of phenols is 1. The topological polar surface area (TPSA) is 94.4 Å². The lowest BCUT2D eigenvalue weighted by molar-refractivity contribution is -0.148. The summed E-state index contributed by atoms with van der Waals surface area (Å²) in [6, 6.07) is 24.2. The summed E-state index contributed by atoms with van der Waals surface area (Å²) >= 11 is 0. The van der Waals surface area contributed by atoms with Crippen LogP contribution in [-0.4, -0.2) is 39.2 Å². The quantitative estimate of drug-likeness (QED) is 0.290. The van der Waals surface area contributed by atoms with Crippen LogP contribution in [0.2, 0.25) is 0 Å². The van der Waals surface area contributed by atoms with E-state index in [9.17, 15) is 9.90 Å². The first-order valence-corrected chi connectivity index (χ1v) is 11.0. The fraction of sp³-hybridized carbons (Fsp3) is 0.185. The number of aromatic nitrogens is 3. The summed E-state index contributed by atoms with van der Waals surface area (Å²) in [5.41, 5.74) is 2.15. The second kappa shape index (κ2) is 10.6. The molecule has 0 unspecified atom stereocenters. The SMILES string of the molecule is CC(C)C(=O)OCCOc1ccc(-c2nc(-c3ccccc3)nc(-c3ccccc3)n2)c(O)c1. The number of nitrogens with zero attached hydrogens (tertiary/aromatic N) is 3. The summed E-state index contributed by atoms with van der Waals surface area (Å²) in [7, 11) is 0. The van der Waals surface area contributed by atoms with Crippen LogP contribution in [0.25, 0.3) is 34.2 Å². The maximum absolute atomic E-state index is 11.5. The Bertz CT molecular complexity index is 1200. The lowest BCUT2D eigenvalue weighted by Crippen LogP contribution is -2.16. The predicted octanol–water partition coefficient (Wildman–Crippen LogP) is 5.16. The largest absolute Gasteiger partial charge is 0.507 e. The van der Waals surface area contributed by atoms with Gasteiger partial charge in [0.05, 0.1) is 11.5 Å². The van der Waals surface area contributed by atoms with Crippen molar-refractivity contribution >= 4 is 5.97 Å². The van der Waals surface area contributed by atoms with Crippen LogP contribution < -0.4 is 4.74 Å². The summed E-state index contributed by atoms with van der Waals surface area (Å²) in [5.74, 6) is 1.32. The highest BCUT2D eigenvalue weighted by molar-refractivity contribution is 5.71. The van der Waals surface area contributed by atoms with Gasteiger partial charge < -0.3 is 14.6 Å². The van der Waals surface area contributed by atoms with E-state index in [-0.39, 0.29) is 30.9 Å². The Morgan fingerprint density at radius 1 is 0.794 bits per heavy atom. The molecular formula is C27H25N3O4. The molecule has 0 amide bonds. The number of ether oxygens (including phenoxy) is 2. The Labute approximate surface area is 198 Å². The monoisotopic (exact) mass is 455 g/mol. The predicted molar refractivity (Wildman–Crippen MR) is 129 cm³/mol. The molecule has 0 aliphatic rings. The Kier molecular flexibility index (Phi) is 7.13. The van der Waals surface area contributed by atoms with Gasteiger partial charge in [-0.15, -0.1) is 0 Å². The molecule has 0 aliphatic carbocycles. The smallest absolute Gasteiger partial charge is 0.308 e. The van der Waals surface area contributed by atoms with Crippen molar-refractivity contribution in [1.29, 1.82) is 0 Å². The van der Waals surface area contributed by atoms with Crippen LogP contribution in [0.1, 0.15) is 13.8 Å². The molecule has 4 rings (SSSR count). The third-order valence-corrected chi connectivity index (χ3v) is 4.98. The Hall–Kier alpha value is -4.26. The third kappa shape index (κ3) is 5.56. The van der Waals surface area contributed by atoms with E-state index in [1.165, 1.54) is 6.07 Å². The van der Waals surface area contributed by atoms with Crippen molar-refractivity contribution in [3.05, 3.63) is 78.9 Å². The molecule has 0 saturated carbocycles. The van der Waals surface area contributed by atoms with Gasteiger partial charge in [0.25, 0.3) is 0 Å². The van der Waals surface area contributed by atoms with Crippen LogP contribution in [0.15, 0.2) is 78.9 Å². The minimum Gasteiger partial charge on any atom is -0.507 e. The first-order valence-electron chi connectivity index (χ1n) is 11.0. The van der Waals surface area contributed by atoms with Crippen LogP contribution in [0.3, 0.4) is 0 Å². The van der Waals surface area contributed by atoms with Gasteiger partial charge in [0.15, 0.2) is 17.5 Å². The van der Waals surface area contributed by atoms with Crippen molar-refractivity contribution in [2.45, 2.75) is 13.8 Å². The minimum atomic E-state index is -0.278. The van der Waals surface area contributed by atoms with E-state index < -0.39 is 0 Å². The molecule has 1 aromatic heterocycles. The number of benzene rings is 3. The van der Waals surface area contributed by atoms with Gasteiger partial charge in [0, 0.05) is 17.2 Å². The highest BCUT2D eigenvalue weighted by Gasteiger charge is 2.15. The second-order valence-corrected chi connectivity index (χ2v) is 7.89. The van der Waals surface area contributed by atoms with Crippen molar-refractivity contribution in [2.24, 2.45) is 5.92 Å². The molecule has 7 nitrogen and oxygen atoms in total. The van der Waals surface area contributed by atoms with Crippen molar-refractivity contribution in [1.82, 2.24) is 15.0 Å². The Balaban J connectivity index is 1.61. The summed E-state index contributed by atoms with van der Waals surface area (Å²) in [6.07, 6.45) is 0. The molecule has 1 N–H and O–H groups in total. The molecule has 0 radical (unpaired) electrons. The van der Waals surface area contributed by atoms with Crippen LogP contribution in [0.4, 0.5) is 0 Å². The number of hydrogen-bond acceptors (Lipinski definition) is 7. The Morgan fingerprint density at radius 3 is 1.88 bits per heavy atom. The van der Waals surface area contributed by atoms with E-state index in [1.54, 1.807) is 26.0 Å². The highest BCUT2D eigenvalue weighted by Crippen LogP contribution is 2.32. The molecule has 0 bridgehead atoms. The average Bonchev–Trinajstić information content (AvgIpc) is 2.87. The number of aromatic hydroxyl groups is 1. The molecule has 1 heterocycles. The Morgan fingerprint density at radius 2 is 1.35 bits per heavy atom. The molecule has 0 spiro atoms. The van der Waals surface area contributed by atoms with Gasteiger partial charge in [-0.3, -0.25) is 4.79 Å². The molecule has 0 aliphatic heterocycles. The first-order chi connectivity index (χ1) is 16.5. The zero-order chi connectivity index (χ0) is 23.9. The molecule has 0 atom stereocenters. The number of carbonyl (C=O) groups is 1. The summed E-state index contributed by atoms with van der Waals surface area (Å²) in [5, 5.41) is 10.7. The molecule has 3 aromatic carbocycles. The van der Waals surface area contributed by atoms with E-state index in [4.69, 9.17) is 9.47 Å². The maximum atomic E-state index is 11.5. The van der Waals surface area contributed by atoms with Crippen LogP contribution in [0.5, 0.6) is 11.5 Å². The van der Waals surface area contributed by atoms with E-state index in [0.29, 0.717) is 28.8 Å². The summed E-state index contributed by atoms with van der Waals surface area (Å²) in [4.78, 5) is 25.4. The normalized spacial score (nSPS) is 10.8. The number of esters is 1. The number of phenolic OH excluding ortho intramolecular Hbond substituents is 1. The van der Waals surface area contributed by atoms with Crippen molar-refractivity contribution in [3.8, 4) is 45.7 Å². The summed E-state index contributed by atoms with van der Waals surface area (Å²) < 4.78 is 10.7. The van der Waals surface area contributed by atoms with Gasteiger partial charge in [-0.1, -0.05) is 74.5 Å². The number of carbonyl (C=O) groups excluding carboxylic acids is 1. The zero-order valence-corrected chi connectivity index (χ0v) is 19.0. The molecule has 0 fully saturated rings. The lowest BCUT2D eigenvalue weighted by atomic mass is 10.1. The van der Waals surface area contributed by atoms with E-state index in [2.05, 4.69) is 15.0 Å². The van der Waals surface area contributed by atoms with Crippen LogP contribution >= 0.6 is 0 Å². The molecule has 7 heteroatoms. The highest BCUT2D eigenvalue weighted by atomic mass is 16.6. The van der Waals surface area contributed by atoms with Gasteiger partial charge in [0.1, 0.15) is 24.7 Å². The minimum absolute atomic E-state index is 0.0269. The van der Waals surface area contributed by atoms with Gasteiger partial charge in [-0.05, 0) is 12.1 Å². The van der Waals surface area contributed by atoms with Gasteiger partial charge in [0.2, 0.25) is 0 Å². The van der Waals surface area contributed by atoms with Gasteiger partial charge in [-0.2, -0.15) is 0 Å². The summed E-state index contributed by atoms with van der Waals surface area (Å²) in [6.45, 7) is 3.86. The number of hydrogen-bond donors (Lipinski definition) is 1. The first kappa shape index (κ1) is 22.9. The van der Waals surface area contributed by atoms with Crippen LogP contribution in [-0.2, 0) is 9.53 Å². The fourth-order valence-corrected chi connectivity index (χ4v) is 3.19. The van der Waals surface area contributed by atoms with Crippen molar-refractivity contribution in [2.75, 3.05) is 13.2 Å². The van der Waals surface area contributed by atoms with E-state index >= 15 is 0 Å². The number of rotatable bonds is 8. The second-order valence-electron chi connectivity index (χ2n) is 7.89. The van der Waals surface area contributed by atoms with Gasteiger partial charge in [-0.25, -0.2) is 15.0 Å². The lowest BCUT2D eigenvalue weighted by Gasteiger charge is -2.11. The van der Waals surface area contributed by atoms with Crippen LogP contribution in [0, 0.1) is 5.92 Å². The van der Waals surface area contributed by atoms with Crippen molar-refractivity contribution < 1.29 is 19.4 Å². The molecule has 34 heavy (non-hydrogen) atoms. The molecular weight excluding hydrogens is 430 g/mol. The standard InChI is InChI=1S/C27H25N3O4/c1-18(2)27(32)34-16-15-33-21-13-14-22(23(31)17-21)26-29-24(19-9-5-3-6-10-19)28-25(30-26)20-11-7-4-8-12-20/h3-14,17-18,31H,15-16H2,1-2H3. The van der Waals surface area contributed by atoms with E-state index in [0.717, 1.165) is 11.1 Å². The average molecular weight is 456 g/mol. The molecule has 172 valence electrons. The van der Waals surface area contributed by atoms with Gasteiger partial charge >= 0.3 is 5.97 Å². The third-order valence-electron chi connectivity index (χ3n) is 4.98. The zero-order valence-electron chi connectivity index (χ0n) is 19.0. The maximum Gasteiger partial charge on any atom is 0.308 e. The van der Waals surface area contributed by atoms with E-state index in [1.807, 2.05) is 60.7 Å². The molecule has 0 saturated heterocycles. The van der Waals surface area contributed by atoms with Crippen molar-refractivity contribution in [3.63, 3.8) is 0 Å². The molecule has 4 aromatic rings. The fourth-order valence-electron chi connectivity index (χ4n) is 3.19.